The highest BCUT2D eigenvalue weighted by Crippen LogP contribution is 2.43. The number of carboxylic acid groups (broad SMARTS) is 1. The van der Waals surface area contributed by atoms with Crippen LogP contribution in [0.3, 0.4) is 0 Å². The predicted octanol–water partition coefficient (Wildman–Crippen LogP) is 3.27. The van der Waals surface area contributed by atoms with E-state index in [1.165, 1.54) is 0 Å². The first-order chi connectivity index (χ1) is 6.96. The highest BCUT2D eigenvalue weighted by molar-refractivity contribution is 7.98. The van der Waals surface area contributed by atoms with E-state index in [-0.39, 0.29) is 5.92 Å². The van der Waals surface area contributed by atoms with Crippen molar-refractivity contribution in [2.45, 2.75) is 39.5 Å². The molecule has 1 fully saturated rings. The van der Waals surface area contributed by atoms with Gasteiger partial charge >= 0.3 is 5.97 Å². The molecule has 0 aromatic rings. The van der Waals surface area contributed by atoms with Crippen LogP contribution in [0.15, 0.2) is 0 Å². The number of thioether (sulfide) groups is 1. The second-order valence-corrected chi connectivity index (χ2v) is 6.38. The minimum Gasteiger partial charge on any atom is -0.481 e. The average molecular weight is 230 g/mol. The Bertz CT molecular complexity index is 226. The maximum absolute atomic E-state index is 11.1. The molecule has 1 saturated carbocycles. The molecule has 0 heterocycles. The third kappa shape index (κ3) is 3.71. The predicted molar refractivity (Wildman–Crippen MR) is 65.2 cm³/mol. The van der Waals surface area contributed by atoms with Gasteiger partial charge in [-0.3, -0.25) is 4.79 Å². The lowest BCUT2D eigenvalue weighted by atomic mass is 9.66. The molecule has 15 heavy (non-hydrogen) atoms. The van der Waals surface area contributed by atoms with E-state index in [1.54, 1.807) is 0 Å². The molecule has 1 N–H and O–H groups in total. The normalized spacial score (nSPS) is 30.1. The SMILES string of the molecule is CSCCC1CC(C)(C)CCC1C(=O)O. The molecule has 0 aromatic carbocycles. The van der Waals surface area contributed by atoms with Crippen molar-refractivity contribution in [1.29, 1.82) is 0 Å². The monoisotopic (exact) mass is 230 g/mol. The Morgan fingerprint density at radius 1 is 1.53 bits per heavy atom. The van der Waals surface area contributed by atoms with E-state index in [0.29, 0.717) is 11.3 Å². The summed E-state index contributed by atoms with van der Waals surface area (Å²) in [4.78, 5) is 11.1. The number of aliphatic carboxylic acids is 1. The van der Waals surface area contributed by atoms with Gasteiger partial charge in [-0.25, -0.2) is 0 Å². The molecule has 2 unspecified atom stereocenters. The summed E-state index contributed by atoms with van der Waals surface area (Å²) in [5.74, 6) is 0.797. The molecular weight excluding hydrogens is 208 g/mol. The Morgan fingerprint density at radius 2 is 2.20 bits per heavy atom. The highest BCUT2D eigenvalue weighted by Gasteiger charge is 2.37. The van der Waals surface area contributed by atoms with Crippen LogP contribution in [0.1, 0.15) is 39.5 Å². The van der Waals surface area contributed by atoms with Crippen molar-refractivity contribution in [3.8, 4) is 0 Å². The lowest BCUT2D eigenvalue weighted by molar-refractivity contribution is -0.146. The number of rotatable bonds is 4. The number of carboxylic acids is 1. The molecule has 0 aromatic heterocycles. The van der Waals surface area contributed by atoms with Gasteiger partial charge in [0.1, 0.15) is 0 Å². The summed E-state index contributed by atoms with van der Waals surface area (Å²) in [7, 11) is 0. The molecule has 2 atom stereocenters. The van der Waals surface area contributed by atoms with Gasteiger partial charge in [0.15, 0.2) is 0 Å². The zero-order chi connectivity index (χ0) is 11.5. The minimum atomic E-state index is -0.586. The second kappa shape index (κ2) is 5.24. The first-order valence-electron chi connectivity index (χ1n) is 5.68. The summed E-state index contributed by atoms with van der Waals surface area (Å²) in [5, 5.41) is 9.17. The van der Waals surface area contributed by atoms with E-state index >= 15 is 0 Å². The van der Waals surface area contributed by atoms with Gasteiger partial charge in [-0.15, -0.1) is 0 Å². The Balaban J connectivity index is 2.60. The van der Waals surface area contributed by atoms with Crippen molar-refractivity contribution in [3.63, 3.8) is 0 Å². The van der Waals surface area contributed by atoms with Gasteiger partial charge in [-0.1, -0.05) is 13.8 Å². The fraction of sp³-hybridized carbons (Fsp3) is 0.917. The summed E-state index contributed by atoms with van der Waals surface area (Å²) in [6, 6.07) is 0. The summed E-state index contributed by atoms with van der Waals surface area (Å²) in [5.41, 5.74) is 0.342. The molecule has 0 aliphatic heterocycles. The molecule has 0 spiro atoms. The van der Waals surface area contributed by atoms with Crippen LogP contribution in [0.25, 0.3) is 0 Å². The van der Waals surface area contributed by atoms with Gasteiger partial charge in [0.25, 0.3) is 0 Å². The Labute approximate surface area is 96.8 Å². The fourth-order valence-electron chi connectivity index (χ4n) is 2.63. The quantitative estimate of drug-likeness (QED) is 0.805. The standard InChI is InChI=1S/C12H22O2S/c1-12(2)6-4-10(11(13)14)9(8-12)5-7-15-3/h9-10H,4-8H2,1-3H3,(H,13,14). The maximum atomic E-state index is 11.1. The van der Waals surface area contributed by atoms with Gasteiger partial charge in [-0.05, 0) is 49.0 Å². The zero-order valence-corrected chi connectivity index (χ0v) is 10.8. The van der Waals surface area contributed by atoms with Gasteiger partial charge in [0.2, 0.25) is 0 Å². The van der Waals surface area contributed by atoms with Crippen LogP contribution in [0.2, 0.25) is 0 Å². The van der Waals surface area contributed by atoms with Crippen LogP contribution < -0.4 is 0 Å². The molecular formula is C12H22O2S. The van der Waals surface area contributed by atoms with E-state index in [9.17, 15) is 9.90 Å². The topological polar surface area (TPSA) is 37.3 Å². The largest absolute Gasteiger partial charge is 0.481 e. The smallest absolute Gasteiger partial charge is 0.306 e. The van der Waals surface area contributed by atoms with Gasteiger partial charge in [0, 0.05) is 0 Å². The van der Waals surface area contributed by atoms with E-state index in [1.807, 2.05) is 11.8 Å². The Kier molecular flexibility index (Phi) is 4.50. The average Bonchev–Trinajstić information content (AvgIpc) is 2.12. The molecule has 3 heteroatoms. The second-order valence-electron chi connectivity index (χ2n) is 5.39. The first-order valence-corrected chi connectivity index (χ1v) is 7.07. The van der Waals surface area contributed by atoms with Crippen molar-refractivity contribution in [1.82, 2.24) is 0 Å². The minimum absolute atomic E-state index is 0.0924. The molecule has 1 rings (SSSR count). The van der Waals surface area contributed by atoms with Gasteiger partial charge < -0.3 is 5.11 Å². The third-order valence-corrected chi connectivity index (χ3v) is 4.17. The number of carbonyl (C=O) groups is 1. The molecule has 0 saturated heterocycles. The van der Waals surface area contributed by atoms with E-state index in [0.717, 1.165) is 31.4 Å². The van der Waals surface area contributed by atoms with Crippen LogP contribution in [-0.2, 0) is 4.79 Å². The van der Waals surface area contributed by atoms with Crippen molar-refractivity contribution in [3.05, 3.63) is 0 Å². The summed E-state index contributed by atoms with van der Waals surface area (Å²) in [6.07, 6.45) is 6.14. The molecule has 0 amide bonds. The lowest BCUT2D eigenvalue weighted by Gasteiger charge is -2.39. The maximum Gasteiger partial charge on any atom is 0.306 e. The number of hydrogen-bond acceptors (Lipinski definition) is 2. The summed E-state index contributed by atoms with van der Waals surface area (Å²) < 4.78 is 0. The van der Waals surface area contributed by atoms with Gasteiger partial charge in [0.05, 0.1) is 5.92 Å². The first kappa shape index (κ1) is 12.9. The molecule has 2 nitrogen and oxygen atoms in total. The molecule has 1 aliphatic carbocycles. The zero-order valence-electron chi connectivity index (χ0n) is 9.95. The van der Waals surface area contributed by atoms with Crippen molar-refractivity contribution in [2.75, 3.05) is 12.0 Å². The molecule has 0 radical (unpaired) electrons. The van der Waals surface area contributed by atoms with Crippen LogP contribution in [-0.4, -0.2) is 23.1 Å². The van der Waals surface area contributed by atoms with Crippen molar-refractivity contribution < 1.29 is 9.90 Å². The highest BCUT2D eigenvalue weighted by atomic mass is 32.2. The molecule has 1 aliphatic rings. The van der Waals surface area contributed by atoms with Crippen LogP contribution in [0, 0.1) is 17.3 Å². The summed E-state index contributed by atoms with van der Waals surface area (Å²) >= 11 is 1.82. The van der Waals surface area contributed by atoms with E-state index < -0.39 is 5.97 Å². The lowest BCUT2D eigenvalue weighted by Crippen LogP contribution is -2.34. The van der Waals surface area contributed by atoms with E-state index in [2.05, 4.69) is 20.1 Å². The molecule has 88 valence electrons. The van der Waals surface area contributed by atoms with E-state index in [4.69, 9.17) is 0 Å². The Hall–Kier alpha value is -0.180. The van der Waals surface area contributed by atoms with Crippen LogP contribution >= 0.6 is 11.8 Å². The van der Waals surface area contributed by atoms with Crippen LogP contribution in [0.4, 0.5) is 0 Å². The molecule has 0 bridgehead atoms. The third-order valence-electron chi connectivity index (χ3n) is 3.53. The van der Waals surface area contributed by atoms with Crippen molar-refractivity contribution >= 4 is 17.7 Å². The summed E-state index contributed by atoms with van der Waals surface area (Å²) in [6.45, 7) is 4.52. The fourth-order valence-corrected chi connectivity index (χ4v) is 3.17. The van der Waals surface area contributed by atoms with Crippen molar-refractivity contribution in [2.24, 2.45) is 17.3 Å². The van der Waals surface area contributed by atoms with Gasteiger partial charge in [-0.2, -0.15) is 11.8 Å². The van der Waals surface area contributed by atoms with Crippen LogP contribution in [0.5, 0.6) is 0 Å². The number of hydrogen-bond donors (Lipinski definition) is 1. The Morgan fingerprint density at radius 3 is 2.73 bits per heavy atom.